The van der Waals surface area contributed by atoms with Gasteiger partial charge in [0.2, 0.25) is 0 Å². The lowest BCUT2D eigenvalue weighted by molar-refractivity contribution is -0.139. The molecular formula is C19H21F2N7O2S. The quantitative estimate of drug-likeness (QED) is 0.639. The van der Waals surface area contributed by atoms with Gasteiger partial charge in [-0.05, 0) is 18.9 Å². The topological polar surface area (TPSA) is 132 Å². The lowest BCUT2D eigenvalue weighted by Gasteiger charge is -2.41. The Kier molecular flexibility index (Phi) is 4.75. The molecule has 3 aliphatic heterocycles. The summed E-state index contributed by atoms with van der Waals surface area (Å²) in [6.45, 7) is 2.80. The number of carbonyl (C=O) groups is 1. The molecular weight excluding hydrogens is 428 g/mol. The van der Waals surface area contributed by atoms with Crippen LogP contribution in [0.4, 0.5) is 26.2 Å². The fourth-order valence-corrected chi connectivity index (χ4v) is 5.23. The highest BCUT2D eigenvalue weighted by Gasteiger charge is 2.51. The van der Waals surface area contributed by atoms with Crippen molar-refractivity contribution in [2.75, 3.05) is 42.3 Å². The summed E-state index contributed by atoms with van der Waals surface area (Å²) >= 11 is 0.932. The van der Waals surface area contributed by atoms with E-state index in [9.17, 15) is 13.6 Å². The molecule has 0 saturated carbocycles. The van der Waals surface area contributed by atoms with Crippen molar-refractivity contribution in [3.63, 3.8) is 0 Å². The standard InChI is InChI=1S/C19H21F2N7O2S/c20-19(21)13-10(1-4-24-15(13)27-17(19)29)31-16-14(23)26-12(7-25-16)28-5-2-18(3-6-28)9-30-8-11(18)22/h1,4,7,11H,2-3,5-6,8-9,22H2,(H2,23,26)(H,24,27,29)/t11-/m1/s1. The number of amides is 1. The second-order valence-electron chi connectivity index (χ2n) is 8.05. The minimum atomic E-state index is -3.66. The summed E-state index contributed by atoms with van der Waals surface area (Å²) in [6, 6.07) is 1.45. The van der Waals surface area contributed by atoms with Crippen LogP contribution in [0.15, 0.2) is 28.4 Å². The van der Waals surface area contributed by atoms with E-state index in [1.54, 1.807) is 6.20 Å². The van der Waals surface area contributed by atoms with E-state index in [0.717, 1.165) is 37.7 Å². The number of hydrogen-bond donors (Lipinski definition) is 3. The number of fused-ring (bicyclic) bond motifs is 1. The Morgan fingerprint density at radius 2 is 2.06 bits per heavy atom. The Morgan fingerprint density at radius 3 is 2.74 bits per heavy atom. The second-order valence-corrected chi connectivity index (χ2v) is 9.08. The van der Waals surface area contributed by atoms with Crippen molar-refractivity contribution in [3.05, 3.63) is 24.0 Å². The van der Waals surface area contributed by atoms with Gasteiger partial charge in [-0.3, -0.25) is 4.79 Å². The number of aromatic nitrogens is 3. The third kappa shape index (κ3) is 3.29. The van der Waals surface area contributed by atoms with Gasteiger partial charge in [0.05, 0.1) is 25.0 Å². The van der Waals surface area contributed by atoms with Crippen LogP contribution in [-0.2, 0) is 15.5 Å². The Bertz CT molecular complexity index is 1050. The van der Waals surface area contributed by atoms with Crippen molar-refractivity contribution in [3.8, 4) is 0 Å². The van der Waals surface area contributed by atoms with Crippen molar-refractivity contribution in [1.29, 1.82) is 0 Å². The first-order chi connectivity index (χ1) is 14.8. The largest absolute Gasteiger partial charge is 0.381 e. The maximum Gasteiger partial charge on any atom is 0.354 e. The van der Waals surface area contributed by atoms with Gasteiger partial charge in [0, 0.05) is 35.6 Å². The molecule has 1 atom stereocenters. The van der Waals surface area contributed by atoms with Gasteiger partial charge < -0.3 is 26.4 Å². The van der Waals surface area contributed by atoms with Crippen molar-refractivity contribution < 1.29 is 18.3 Å². The first kappa shape index (κ1) is 20.3. The third-order valence-corrected chi connectivity index (χ3v) is 7.33. The Hall–Kier alpha value is -2.57. The van der Waals surface area contributed by atoms with E-state index in [1.165, 1.54) is 12.3 Å². The number of hydrogen-bond acceptors (Lipinski definition) is 9. The molecule has 2 aromatic heterocycles. The Morgan fingerprint density at radius 1 is 1.29 bits per heavy atom. The molecule has 12 heteroatoms. The first-order valence-electron chi connectivity index (χ1n) is 9.87. The zero-order chi connectivity index (χ0) is 21.8. The monoisotopic (exact) mass is 449 g/mol. The van der Waals surface area contributed by atoms with Crippen LogP contribution in [0.25, 0.3) is 0 Å². The van der Waals surface area contributed by atoms with Crippen LogP contribution in [0.3, 0.4) is 0 Å². The van der Waals surface area contributed by atoms with Crippen LogP contribution >= 0.6 is 11.8 Å². The normalized spacial score (nSPS) is 23.8. The first-order valence-corrected chi connectivity index (χ1v) is 10.7. The Labute approximate surface area is 180 Å². The summed E-state index contributed by atoms with van der Waals surface area (Å²) in [5, 5.41) is 2.38. The minimum absolute atomic E-state index is 0.0175. The lowest BCUT2D eigenvalue weighted by Crippen LogP contribution is -2.49. The van der Waals surface area contributed by atoms with E-state index in [1.807, 2.05) is 0 Å². The van der Waals surface area contributed by atoms with E-state index < -0.39 is 17.4 Å². The minimum Gasteiger partial charge on any atom is -0.381 e. The SMILES string of the molecule is Nc1nc(N2CCC3(CC2)COC[C@H]3N)cnc1Sc1ccnc2c1C(F)(F)C(=O)N2. The van der Waals surface area contributed by atoms with E-state index in [-0.39, 0.29) is 33.0 Å². The molecule has 0 bridgehead atoms. The molecule has 1 amide bonds. The maximum absolute atomic E-state index is 14.3. The van der Waals surface area contributed by atoms with Crippen LogP contribution in [0.5, 0.6) is 0 Å². The highest BCUT2D eigenvalue weighted by molar-refractivity contribution is 7.99. The number of halogens is 2. The average Bonchev–Trinajstić information content (AvgIpc) is 3.21. The zero-order valence-electron chi connectivity index (χ0n) is 16.5. The molecule has 0 aliphatic carbocycles. The van der Waals surface area contributed by atoms with Crippen molar-refractivity contribution in [2.45, 2.75) is 34.7 Å². The molecule has 0 aromatic carbocycles. The molecule has 5 heterocycles. The number of nitrogens with one attached hydrogen (secondary N) is 1. The average molecular weight is 449 g/mol. The highest BCUT2D eigenvalue weighted by atomic mass is 32.2. The fraction of sp³-hybridized carbons (Fsp3) is 0.474. The summed E-state index contributed by atoms with van der Waals surface area (Å²) < 4.78 is 34.2. The molecule has 2 aromatic rings. The third-order valence-electron chi connectivity index (χ3n) is 6.26. The number of nitrogens with two attached hydrogens (primary N) is 2. The Balaban J connectivity index is 1.34. The maximum atomic E-state index is 14.3. The van der Waals surface area contributed by atoms with E-state index in [2.05, 4.69) is 25.2 Å². The van der Waals surface area contributed by atoms with Crippen LogP contribution in [0.1, 0.15) is 18.4 Å². The van der Waals surface area contributed by atoms with Gasteiger partial charge in [0.15, 0.2) is 5.82 Å². The van der Waals surface area contributed by atoms with E-state index >= 15 is 0 Å². The molecule has 2 saturated heterocycles. The van der Waals surface area contributed by atoms with Crippen LogP contribution in [0, 0.1) is 5.41 Å². The number of pyridine rings is 1. The van der Waals surface area contributed by atoms with E-state index in [4.69, 9.17) is 16.2 Å². The predicted octanol–water partition coefficient (Wildman–Crippen LogP) is 1.59. The number of carbonyl (C=O) groups excluding carboxylic acids is 1. The number of piperidine rings is 1. The molecule has 2 fully saturated rings. The molecule has 1 spiro atoms. The molecule has 31 heavy (non-hydrogen) atoms. The predicted molar refractivity (Wildman–Crippen MR) is 110 cm³/mol. The molecule has 0 unspecified atom stereocenters. The molecule has 0 radical (unpaired) electrons. The summed E-state index contributed by atoms with van der Waals surface area (Å²) in [6.07, 6.45) is 4.73. The molecule has 164 valence electrons. The van der Waals surface area contributed by atoms with Crippen molar-refractivity contribution in [2.24, 2.45) is 11.1 Å². The molecule has 3 aliphatic rings. The van der Waals surface area contributed by atoms with Gasteiger partial charge in [0.1, 0.15) is 16.7 Å². The van der Waals surface area contributed by atoms with Gasteiger partial charge in [-0.2, -0.15) is 8.78 Å². The van der Waals surface area contributed by atoms with Gasteiger partial charge in [-0.15, -0.1) is 0 Å². The van der Waals surface area contributed by atoms with Crippen molar-refractivity contribution in [1.82, 2.24) is 15.0 Å². The second kappa shape index (κ2) is 7.24. The number of nitrogen functional groups attached to an aromatic ring is 1. The molecule has 9 nitrogen and oxygen atoms in total. The number of rotatable bonds is 3. The molecule has 5 rings (SSSR count). The fourth-order valence-electron chi connectivity index (χ4n) is 4.31. The molecule has 5 N–H and O–H groups in total. The lowest BCUT2D eigenvalue weighted by atomic mass is 9.75. The summed E-state index contributed by atoms with van der Waals surface area (Å²) in [5.74, 6) is -4.45. The highest BCUT2D eigenvalue weighted by Crippen LogP contribution is 2.46. The van der Waals surface area contributed by atoms with Gasteiger partial charge in [-0.25, -0.2) is 15.0 Å². The summed E-state index contributed by atoms with van der Waals surface area (Å²) in [5.41, 5.74) is 11.9. The van der Waals surface area contributed by atoms with Crippen LogP contribution < -0.4 is 21.7 Å². The number of alkyl halides is 2. The number of ether oxygens (including phenoxy) is 1. The number of nitrogens with zero attached hydrogens (tertiary/aromatic N) is 4. The van der Waals surface area contributed by atoms with Gasteiger partial charge in [-0.1, -0.05) is 11.8 Å². The smallest absolute Gasteiger partial charge is 0.354 e. The van der Waals surface area contributed by atoms with E-state index in [0.29, 0.717) is 19.0 Å². The van der Waals surface area contributed by atoms with Crippen LogP contribution in [-0.4, -0.2) is 53.2 Å². The van der Waals surface area contributed by atoms with Gasteiger partial charge in [0.25, 0.3) is 0 Å². The van der Waals surface area contributed by atoms with Gasteiger partial charge >= 0.3 is 11.8 Å². The zero-order valence-corrected chi connectivity index (χ0v) is 17.3. The summed E-state index contributed by atoms with van der Waals surface area (Å²) in [7, 11) is 0. The summed E-state index contributed by atoms with van der Waals surface area (Å²) in [4.78, 5) is 26.4. The number of anilines is 3. The van der Waals surface area contributed by atoms with Crippen LogP contribution in [0.2, 0.25) is 0 Å². The van der Waals surface area contributed by atoms with Crippen molar-refractivity contribution >= 4 is 35.1 Å².